The molecule has 2 N–H and O–H groups in total. The molecule has 1 saturated heterocycles. The summed E-state index contributed by atoms with van der Waals surface area (Å²) in [6, 6.07) is 10.2. The summed E-state index contributed by atoms with van der Waals surface area (Å²) in [5, 5.41) is 16.3. The van der Waals surface area contributed by atoms with Crippen molar-refractivity contribution in [2.75, 3.05) is 30.3 Å². The summed E-state index contributed by atoms with van der Waals surface area (Å²) in [5.41, 5.74) is 5.47. The van der Waals surface area contributed by atoms with Gasteiger partial charge in [-0.3, -0.25) is 4.79 Å². The van der Waals surface area contributed by atoms with Crippen molar-refractivity contribution in [1.29, 1.82) is 5.26 Å². The molecule has 1 saturated carbocycles. The van der Waals surface area contributed by atoms with Crippen LogP contribution in [0.2, 0.25) is 0 Å². The molecule has 204 valence electrons. The van der Waals surface area contributed by atoms with E-state index in [1.165, 1.54) is 44.1 Å². The molecule has 1 amide bonds. The molecule has 8 heteroatoms. The van der Waals surface area contributed by atoms with Gasteiger partial charge in [-0.1, -0.05) is 31.7 Å². The third-order valence-corrected chi connectivity index (χ3v) is 9.07. The molecule has 1 aromatic carbocycles. The number of nitrogens with one attached hydrogen (secondary N) is 2. The van der Waals surface area contributed by atoms with Crippen LogP contribution < -0.4 is 10.6 Å². The largest absolute Gasteiger partial charge is 0.326 e. The van der Waals surface area contributed by atoms with Gasteiger partial charge in [0.15, 0.2) is 0 Å². The number of thiophene rings is 1. The Bertz CT molecular complexity index is 1350. The molecule has 3 aromatic rings. The fourth-order valence-corrected chi connectivity index (χ4v) is 7.11. The molecular formula is C31H38N6OS. The molecule has 1 aliphatic heterocycles. The van der Waals surface area contributed by atoms with Gasteiger partial charge < -0.3 is 15.5 Å². The lowest BCUT2D eigenvalue weighted by Crippen LogP contribution is -2.32. The summed E-state index contributed by atoms with van der Waals surface area (Å²) < 4.78 is 0. The van der Waals surface area contributed by atoms with Gasteiger partial charge in [0.2, 0.25) is 11.9 Å². The lowest BCUT2D eigenvalue weighted by Gasteiger charge is -2.25. The highest BCUT2D eigenvalue weighted by Gasteiger charge is 2.27. The minimum atomic E-state index is 0.0307. The summed E-state index contributed by atoms with van der Waals surface area (Å²) in [6.45, 7) is 7.07. The Morgan fingerprint density at radius 3 is 2.62 bits per heavy atom. The molecule has 0 radical (unpaired) electrons. The molecule has 0 atom stereocenters. The molecule has 7 nitrogen and oxygen atoms in total. The molecular weight excluding hydrogens is 504 g/mol. The smallest absolute Gasteiger partial charge is 0.227 e. The van der Waals surface area contributed by atoms with Crippen molar-refractivity contribution >= 4 is 34.6 Å². The monoisotopic (exact) mass is 542 g/mol. The second-order valence-electron chi connectivity index (χ2n) is 10.9. The highest BCUT2D eigenvalue weighted by molar-refractivity contribution is 7.15. The Balaban J connectivity index is 1.32. The van der Waals surface area contributed by atoms with E-state index in [2.05, 4.69) is 26.6 Å². The summed E-state index contributed by atoms with van der Waals surface area (Å²) in [5.74, 6) is 0.945. The number of likely N-dealkylation sites (tertiary alicyclic amines) is 1. The van der Waals surface area contributed by atoms with Crippen LogP contribution in [0.4, 0.5) is 17.3 Å². The van der Waals surface area contributed by atoms with E-state index >= 15 is 0 Å². The van der Waals surface area contributed by atoms with E-state index in [4.69, 9.17) is 4.98 Å². The fourth-order valence-electron chi connectivity index (χ4n) is 5.86. The van der Waals surface area contributed by atoms with Crippen LogP contribution in [0.1, 0.15) is 85.3 Å². The van der Waals surface area contributed by atoms with E-state index < -0.39 is 0 Å². The van der Waals surface area contributed by atoms with E-state index in [0.29, 0.717) is 18.3 Å². The number of benzene rings is 1. The van der Waals surface area contributed by atoms with Crippen molar-refractivity contribution in [1.82, 2.24) is 14.9 Å². The highest BCUT2D eigenvalue weighted by Crippen LogP contribution is 2.45. The zero-order valence-corrected chi connectivity index (χ0v) is 23.9. The first-order valence-corrected chi connectivity index (χ1v) is 15.1. The van der Waals surface area contributed by atoms with Crippen molar-refractivity contribution < 1.29 is 4.79 Å². The maximum Gasteiger partial charge on any atom is 0.227 e. The van der Waals surface area contributed by atoms with Crippen LogP contribution >= 0.6 is 11.3 Å². The maximum absolute atomic E-state index is 12.6. The number of nitrogens with zero attached hydrogens (tertiary/aromatic N) is 4. The van der Waals surface area contributed by atoms with Gasteiger partial charge in [0.05, 0.1) is 16.1 Å². The van der Waals surface area contributed by atoms with E-state index in [1.807, 2.05) is 44.3 Å². The summed E-state index contributed by atoms with van der Waals surface area (Å²) >= 11 is 1.67. The number of carbonyl (C=O) groups is 1. The molecule has 5 rings (SSSR count). The standard InChI is InChI=1S/C31H38N6OS/c1-21-20-33-31(36-29(21)30-28(23-10-5-3-6-11-23)26(19-32)22(2)39-30)35-25-13-9-12-24(18-25)34-27(38)14-17-37-15-7-4-8-16-37/h9,12-13,18,20,23H,3-8,10-11,14-17H2,1-2H3,(H,34,38)(H,33,35,36). The maximum atomic E-state index is 12.6. The van der Waals surface area contributed by atoms with E-state index in [1.54, 1.807) is 11.3 Å². The molecule has 0 spiro atoms. The summed E-state index contributed by atoms with van der Waals surface area (Å²) in [4.78, 5) is 26.6. The summed E-state index contributed by atoms with van der Waals surface area (Å²) in [6.07, 6.45) is 12.1. The molecule has 3 heterocycles. The van der Waals surface area contributed by atoms with Crippen LogP contribution in [0.25, 0.3) is 10.6 Å². The lowest BCUT2D eigenvalue weighted by molar-refractivity contribution is -0.116. The van der Waals surface area contributed by atoms with Crippen molar-refractivity contribution in [2.45, 2.75) is 77.6 Å². The van der Waals surface area contributed by atoms with Crippen LogP contribution in [0.3, 0.4) is 0 Å². The molecule has 2 fully saturated rings. The molecule has 2 aromatic heterocycles. The fraction of sp³-hybridized carbons (Fsp3) is 0.484. The number of anilines is 3. The number of amides is 1. The third-order valence-electron chi connectivity index (χ3n) is 7.94. The highest BCUT2D eigenvalue weighted by atomic mass is 32.1. The Morgan fingerprint density at radius 1 is 1.10 bits per heavy atom. The van der Waals surface area contributed by atoms with Gasteiger partial charge in [-0.2, -0.15) is 5.26 Å². The Morgan fingerprint density at radius 2 is 1.85 bits per heavy atom. The normalized spacial score (nSPS) is 16.5. The quantitative estimate of drug-likeness (QED) is 0.310. The van der Waals surface area contributed by atoms with Gasteiger partial charge in [0.25, 0.3) is 0 Å². The van der Waals surface area contributed by atoms with Gasteiger partial charge in [-0.25, -0.2) is 9.97 Å². The second-order valence-corrected chi connectivity index (χ2v) is 12.1. The van der Waals surface area contributed by atoms with Crippen molar-refractivity contribution in [3.05, 3.63) is 52.0 Å². The second kappa shape index (κ2) is 12.7. The molecule has 39 heavy (non-hydrogen) atoms. The molecule has 1 aliphatic carbocycles. The Hall–Kier alpha value is -3.28. The van der Waals surface area contributed by atoms with E-state index in [9.17, 15) is 10.1 Å². The first-order valence-electron chi connectivity index (χ1n) is 14.3. The number of carbonyl (C=O) groups excluding carboxylic acids is 1. The summed E-state index contributed by atoms with van der Waals surface area (Å²) in [7, 11) is 0. The van der Waals surface area contributed by atoms with Gasteiger partial charge in [0, 0.05) is 35.4 Å². The minimum absolute atomic E-state index is 0.0307. The van der Waals surface area contributed by atoms with Crippen LogP contribution in [0.15, 0.2) is 30.5 Å². The minimum Gasteiger partial charge on any atom is -0.326 e. The molecule has 0 unspecified atom stereocenters. The number of piperidine rings is 1. The number of hydrogen-bond donors (Lipinski definition) is 2. The van der Waals surface area contributed by atoms with Crippen LogP contribution in [-0.2, 0) is 4.79 Å². The first kappa shape index (κ1) is 27.3. The van der Waals surface area contributed by atoms with Crippen LogP contribution in [0, 0.1) is 25.2 Å². The molecule has 2 aliphatic rings. The number of rotatable bonds is 8. The Kier molecular flexibility index (Phi) is 8.90. The topological polar surface area (TPSA) is 93.9 Å². The number of aromatic nitrogens is 2. The van der Waals surface area contributed by atoms with E-state index in [0.717, 1.165) is 70.4 Å². The SMILES string of the molecule is Cc1cnc(Nc2cccc(NC(=O)CCN3CCCCC3)c2)nc1-c1sc(C)c(C#N)c1C1CCCCC1. The third kappa shape index (κ3) is 6.66. The zero-order valence-electron chi connectivity index (χ0n) is 23.1. The predicted octanol–water partition coefficient (Wildman–Crippen LogP) is 7.30. The van der Waals surface area contributed by atoms with Crippen molar-refractivity contribution in [3.8, 4) is 16.6 Å². The average Bonchev–Trinajstić information content (AvgIpc) is 3.30. The first-order chi connectivity index (χ1) is 19.0. The zero-order chi connectivity index (χ0) is 27.2. The predicted molar refractivity (Wildman–Crippen MR) is 159 cm³/mol. The van der Waals surface area contributed by atoms with Gasteiger partial charge in [0.1, 0.15) is 6.07 Å². The number of nitriles is 1. The average molecular weight is 543 g/mol. The van der Waals surface area contributed by atoms with Gasteiger partial charge >= 0.3 is 0 Å². The Labute approximate surface area is 235 Å². The molecule has 0 bridgehead atoms. The van der Waals surface area contributed by atoms with Gasteiger partial charge in [-0.05, 0) is 87.9 Å². The van der Waals surface area contributed by atoms with Crippen molar-refractivity contribution in [3.63, 3.8) is 0 Å². The number of aryl methyl sites for hydroxylation is 2. The van der Waals surface area contributed by atoms with Crippen molar-refractivity contribution in [2.24, 2.45) is 0 Å². The van der Waals surface area contributed by atoms with Crippen LogP contribution in [0.5, 0.6) is 0 Å². The van der Waals surface area contributed by atoms with E-state index in [-0.39, 0.29) is 5.91 Å². The lowest BCUT2D eigenvalue weighted by atomic mass is 9.82. The van der Waals surface area contributed by atoms with Gasteiger partial charge in [-0.15, -0.1) is 11.3 Å². The number of hydrogen-bond acceptors (Lipinski definition) is 7. The van der Waals surface area contributed by atoms with Crippen LogP contribution in [-0.4, -0.2) is 40.4 Å².